The van der Waals surface area contributed by atoms with Gasteiger partial charge in [-0.25, -0.2) is 4.68 Å². The first-order chi connectivity index (χ1) is 9.51. The SMILES string of the molecule is CCCCc1nnn(CC(F)(F)F)c1-c1ccccc1. The van der Waals surface area contributed by atoms with E-state index in [9.17, 15) is 13.2 Å². The number of unbranched alkanes of at least 4 members (excludes halogenated alkanes) is 1. The second-order valence-corrected chi connectivity index (χ2v) is 4.63. The van der Waals surface area contributed by atoms with Crippen molar-refractivity contribution >= 4 is 0 Å². The number of hydrogen-bond donors (Lipinski definition) is 0. The maximum Gasteiger partial charge on any atom is 0.408 e. The van der Waals surface area contributed by atoms with Crippen LogP contribution >= 0.6 is 0 Å². The van der Waals surface area contributed by atoms with Gasteiger partial charge in [-0.1, -0.05) is 48.9 Å². The maximum atomic E-state index is 12.6. The summed E-state index contributed by atoms with van der Waals surface area (Å²) in [7, 11) is 0. The van der Waals surface area contributed by atoms with Gasteiger partial charge in [0.1, 0.15) is 6.54 Å². The number of nitrogens with zero attached hydrogens (tertiary/aromatic N) is 3. The van der Waals surface area contributed by atoms with Gasteiger partial charge < -0.3 is 0 Å². The van der Waals surface area contributed by atoms with E-state index >= 15 is 0 Å². The van der Waals surface area contributed by atoms with Crippen molar-refractivity contribution in [3.05, 3.63) is 36.0 Å². The van der Waals surface area contributed by atoms with Crippen molar-refractivity contribution in [1.82, 2.24) is 15.0 Å². The summed E-state index contributed by atoms with van der Waals surface area (Å²) in [5, 5.41) is 7.60. The molecule has 0 aliphatic rings. The zero-order valence-corrected chi connectivity index (χ0v) is 11.2. The Bertz CT molecular complexity index is 547. The number of benzene rings is 1. The highest BCUT2D eigenvalue weighted by atomic mass is 19.4. The summed E-state index contributed by atoms with van der Waals surface area (Å²) < 4.78 is 38.8. The number of aryl methyl sites for hydroxylation is 1. The third kappa shape index (κ3) is 3.59. The monoisotopic (exact) mass is 283 g/mol. The first kappa shape index (κ1) is 14.6. The quantitative estimate of drug-likeness (QED) is 0.834. The number of rotatable bonds is 5. The average molecular weight is 283 g/mol. The molecule has 0 atom stereocenters. The van der Waals surface area contributed by atoms with Crippen LogP contribution in [0.3, 0.4) is 0 Å². The smallest absolute Gasteiger partial charge is 0.235 e. The Labute approximate surface area is 115 Å². The largest absolute Gasteiger partial charge is 0.408 e. The molecule has 0 fully saturated rings. The molecule has 0 aliphatic heterocycles. The Morgan fingerprint density at radius 3 is 2.45 bits per heavy atom. The minimum absolute atomic E-state index is 0.469. The molecular weight excluding hydrogens is 267 g/mol. The summed E-state index contributed by atoms with van der Waals surface area (Å²) in [5.74, 6) is 0. The van der Waals surface area contributed by atoms with Crippen LogP contribution in [0.4, 0.5) is 13.2 Å². The average Bonchev–Trinajstić information content (AvgIpc) is 2.78. The molecule has 2 aromatic rings. The van der Waals surface area contributed by atoms with Crippen LogP contribution in [-0.2, 0) is 13.0 Å². The fourth-order valence-corrected chi connectivity index (χ4v) is 2.05. The summed E-state index contributed by atoms with van der Waals surface area (Å²) in [5.41, 5.74) is 1.81. The zero-order chi connectivity index (χ0) is 14.6. The van der Waals surface area contributed by atoms with Crippen molar-refractivity contribution in [3.63, 3.8) is 0 Å². The third-order valence-corrected chi connectivity index (χ3v) is 2.95. The summed E-state index contributed by atoms with van der Waals surface area (Å²) in [6, 6.07) is 8.98. The molecule has 0 N–H and O–H groups in total. The molecule has 1 heterocycles. The highest BCUT2D eigenvalue weighted by Gasteiger charge is 2.30. The number of alkyl halides is 3. The predicted octanol–water partition coefficient (Wildman–Crippen LogP) is 3.85. The van der Waals surface area contributed by atoms with E-state index < -0.39 is 12.7 Å². The second kappa shape index (κ2) is 6.07. The lowest BCUT2D eigenvalue weighted by Gasteiger charge is -2.10. The van der Waals surface area contributed by atoms with Crippen LogP contribution in [0, 0.1) is 0 Å². The maximum absolute atomic E-state index is 12.6. The Balaban J connectivity index is 2.40. The van der Waals surface area contributed by atoms with Crippen LogP contribution in [0.1, 0.15) is 25.5 Å². The molecule has 6 heteroatoms. The molecule has 20 heavy (non-hydrogen) atoms. The van der Waals surface area contributed by atoms with E-state index in [0.29, 0.717) is 23.4 Å². The van der Waals surface area contributed by atoms with Gasteiger partial charge in [-0.2, -0.15) is 13.2 Å². The summed E-state index contributed by atoms with van der Waals surface area (Å²) in [6.07, 6.45) is -1.83. The van der Waals surface area contributed by atoms with E-state index in [4.69, 9.17) is 0 Å². The third-order valence-electron chi connectivity index (χ3n) is 2.95. The molecule has 1 aromatic carbocycles. The lowest BCUT2D eigenvalue weighted by molar-refractivity contribution is -0.142. The van der Waals surface area contributed by atoms with Crippen LogP contribution in [0.5, 0.6) is 0 Å². The number of aromatic nitrogens is 3. The van der Waals surface area contributed by atoms with Crippen molar-refractivity contribution < 1.29 is 13.2 Å². The molecular formula is C14H16F3N3. The fourth-order valence-electron chi connectivity index (χ4n) is 2.05. The van der Waals surface area contributed by atoms with Crippen molar-refractivity contribution in [1.29, 1.82) is 0 Å². The van der Waals surface area contributed by atoms with Crippen molar-refractivity contribution in [2.75, 3.05) is 0 Å². The Morgan fingerprint density at radius 2 is 1.85 bits per heavy atom. The molecule has 2 rings (SSSR count). The molecule has 0 bridgehead atoms. The lowest BCUT2D eigenvalue weighted by Crippen LogP contribution is -2.19. The van der Waals surface area contributed by atoms with Crippen LogP contribution in [0.2, 0.25) is 0 Å². The second-order valence-electron chi connectivity index (χ2n) is 4.63. The van der Waals surface area contributed by atoms with Crippen LogP contribution < -0.4 is 0 Å². The van der Waals surface area contributed by atoms with E-state index in [1.807, 2.05) is 13.0 Å². The molecule has 0 saturated heterocycles. The minimum atomic E-state index is -4.31. The molecule has 0 radical (unpaired) electrons. The number of halogens is 3. The van der Waals surface area contributed by atoms with Gasteiger partial charge in [0, 0.05) is 5.56 Å². The molecule has 0 amide bonds. The first-order valence-corrected chi connectivity index (χ1v) is 6.56. The van der Waals surface area contributed by atoms with Gasteiger partial charge in [0.05, 0.1) is 11.4 Å². The van der Waals surface area contributed by atoms with E-state index in [1.165, 1.54) is 0 Å². The molecule has 1 aromatic heterocycles. The highest BCUT2D eigenvalue weighted by molar-refractivity contribution is 5.61. The normalized spacial score (nSPS) is 11.8. The molecule has 0 aliphatic carbocycles. The van der Waals surface area contributed by atoms with Crippen LogP contribution in [0.15, 0.2) is 30.3 Å². The van der Waals surface area contributed by atoms with E-state index in [0.717, 1.165) is 17.5 Å². The first-order valence-electron chi connectivity index (χ1n) is 6.56. The Hall–Kier alpha value is -1.85. The minimum Gasteiger partial charge on any atom is -0.235 e. The van der Waals surface area contributed by atoms with Crippen LogP contribution in [-0.4, -0.2) is 21.2 Å². The van der Waals surface area contributed by atoms with E-state index in [-0.39, 0.29) is 0 Å². The van der Waals surface area contributed by atoms with Crippen molar-refractivity contribution in [2.45, 2.75) is 38.9 Å². The molecule has 0 saturated carbocycles. The lowest BCUT2D eigenvalue weighted by atomic mass is 10.1. The van der Waals surface area contributed by atoms with Crippen LogP contribution in [0.25, 0.3) is 11.3 Å². The fraction of sp³-hybridized carbons (Fsp3) is 0.429. The number of hydrogen-bond acceptors (Lipinski definition) is 2. The van der Waals surface area contributed by atoms with Gasteiger partial charge >= 0.3 is 6.18 Å². The van der Waals surface area contributed by atoms with Crippen molar-refractivity contribution in [2.24, 2.45) is 0 Å². The Kier molecular flexibility index (Phi) is 4.42. The molecule has 0 spiro atoms. The van der Waals surface area contributed by atoms with Gasteiger partial charge in [0.25, 0.3) is 0 Å². The molecule has 108 valence electrons. The van der Waals surface area contributed by atoms with Gasteiger partial charge in [-0.05, 0) is 12.8 Å². The molecule has 3 nitrogen and oxygen atoms in total. The topological polar surface area (TPSA) is 30.7 Å². The highest BCUT2D eigenvalue weighted by Crippen LogP contribution is 2.26. The van der Waals surface area contributed by atoms with E-state index in [2.05, 4.69) is 10.3 Å². The van der Waals surface area contributed by atoms with Gasteiger partial charge in [-0.3, -0.25) is 0 Å². The summed E-state index contributed by atoms with van der Waals surface area (Å²) in [4.78, 5) is 0. The standard InChI is InChI=1S/C14H16F3N3/c1-2-3-9-12-13(11-7-5-4-6-8-11)20(19-18-12)10-14(15,16)17/h4-8H,2-3,9-10H2,1H3. The van der Waals surface area contributed by atoms with Gasteiger partial charge in [-0.15, -0.1) is 5.10 Å². The molecule has 0 unspecified atom stereocenters. The van der Waals surface area contributed by atoms with E-state index in [1.54, 1.807) is 24.3 Å². The summed E-state index contributed by atoms with van der Waals surface area (Å²) >= 11 is 0. The Morgan fingerprint density at radius 1 is 1.15 bits per heavy atom. The summed E-state index contributed by atoms with van der Waals surface area (Å²) in [6.45, 7) is 0.915. The van der Waals surface area contributed by atoms with Gasteiger partial charge in [0.15, 0.2) is 0 Å². The zero-order valence-electron chi connectivity index (χ0n) is 11.2. The van der Waals surface area contributed by atoms with Gasteiger partial charge in [0.2, 0.25) is 0 Å². The van der Waals surface area contributed by atoms with Crippen molar-refractivity contribution in [3.8, 4) is 11.3 Å². The predicted molar refractivity (Wildman–Crippen MR) is 70.1 cm³/mol.